The summed E-state index contributed by atoms with van der Waals surface area (Å²) in [7, 11) is 0. The molecule has 0 unspecified atom stereocenters. The maximum atomic E-state index is 11.0. The van der Waals surface area contributed by atoms with Gasteiger partial charge in [0.05, 0.1) is 5.56 Å². The Hall–Kier alpha value is -2.27. The Morgan fingerprint density at radius 2 is 2.13 bits per heavy atom. The molecular weight excluding hydrogens is 316 g/mol. The Morgan fingerprint density at radius 3 is 2.83 bits per heavy atom. The number of nitrogens with zero attached hydrogens (tertiary/aromatic N) is 2. The predicted octanol–water partition coefficient (Wildman–Crippen LogP) is 4.76. The lowest BCUT2D eigenvalue weighted by molar-refractivity contribution is 0.0690. The fourth-order valence-electron chi connectivity index (χ4n) is 3.38. The number of carboxylic acids is 1. The van der Waals surface area contributed by atoms with Crippen molar-refractivity contribution in [3.63, 3.8) is 0 Å². The van der Waals surface area contributed by atoms with E-state index in [9.17, 15) is 4.79 Å². The highest BCUT2D eigenvalue weighted by Crippen LogP contribution is 2.38. The molecule has 1 aromatic carbocycles. The van der Waals surface area contributed by atoms with Crippen LogP contribution in [-0.2, 0) is 0 Å². The average Bonchev–Trinajstić information content (AvgIpc) is 3.25. The third kappa shape index (κ3) is 2.41. The second-order valence-corrected chi connectivity index (χ2v) is 6.33. The lowest BCUT2D eigenvalue weighted by atomic mass is 10.2. The predicted molar refractivity (Wildman–Crippen MR) is 86.9 cm³/mol. The minimum absolute atomic E-state index is 0.0937. The zero-order chi connectivity index (χ0) is 16.0. The monoisotopic (exact) mass is 330 g/mol. The van der Waals surface area contributed by atoms with Gasteiger partial charge in [0.2, 0.25) is 5.89 Å². The van der Waals surface area contributed by atoms with Gasteiger partial charge in [0.15, 0.2) is 5.69 Å². The van der Waals surface area contributed by atoms with Crippen LogP contribution in [0.4, 0.5) is 0 Å². The maximum Gasteiger partial charge on any atom is 0.357 e. The molecule has 118 valence electrons. The Morgan fingerprint density at radius 1 is 1.35 bits per heavy atom. The van der Waals surface area contributed by atoms with Crippen molar-refractivity contribution < 1.29 is 14.3 Å². The highest BCUT2D eigenvalue weighted by atomic mass is 35.5. The number of oxazole rings is 1. The van der Waals surface area contributed by atoms with Gasteiger partial charge in [-0.15, -0.1) is 0 Å². The van der Waals surface area contributed by atoms with Crippen molar-refractivity contribution in [3.05, 3.63) is 41.4 Å². The summed E-state index contributed by atoms with van der Waals surface area (Å²) < 4.78 is 7.64. The van der Waals surface area contributed by atoms with Crippen LogP contribution in [0.15, 0.2) is 35.1 Å². The van der Waals surface area contributed by atoms with Crippen LogP contribution in [0.1, 0.15) is 42.2 Å². The Bertz CT molecular complexity index is 891. The van der Waals surface area contributed by atoms with Crippen LogP contribution in [0.3, 0.4) is 0 Å². The number of hydrogen-bond acceptors (Lipinski definition) is 3. The van der Waals surface area contributed by atoms with E-state index < -0.39 is 5.97 Å². The molecule has 1 N–H and O–H groups in total. The van der Waals surface area contributed by atoms with Crippen molar-refractivity contribution >= 4 is 28.5 Å². The van der Waals surface area contributed by atoms with Gasteiger partial charge in [-0.2, -0.15) is 0 Å². The van der Waals surface area contributed by atoms with E-state index in [2.05, 4.69) is 9.55 Å². The third-order valence-electron chi connectivity index (χ3n) is 4.47. The molecule has 2 heterocycles. The summed E-state index contributed by atoms with van der Waals surface area (Å²) in [6.45, 7) is 0. The molecule has 0 bridgehead atoms. The first-order valence-corrected chi connectivity index (χ1v) is 8.00. The van der Waals surface area contributed by atoms with E-state index in [0.29, 0.717) is 17.0 Å². The molecule has 0 atom stereocenters. The molecule has 23 heavy (non-hydrogen) atoms. The summed E-state index contributed by atoms with van der Waals surface area (Å²) in [5.74, 6) is -0.788. The molecule has 3 aromatic rings. The van der Waals surface area contributed by atoms with Gasteiger partial charge in [-0.3, -0.25) is 0 Å². The first-order chi connectivity index (χ1) is 11.1. The van der Waals surface area contributed by atoms with Gasteiger partial charge < -0.3 is 14.1 Å². The van der Waals surface area contributed by atoms with Gasteiger partial charge in [0, 0.05) is 28.2 Å². The van der Waals surface area contributed by atoms with Crippen molar-refractivity contribution in [1.82, 2.24) is 9.55 Å². The van der Waals surface area contributed by atoms with Crippen molar-refractivity contribution in [2.45, 2.75) is 31.7 Å². The molecule has 0 spiro atoms. The summed E-state index contributed by atoms with van der Waals surface area (Å²) in [4.78, 5) is 15.1. The number of benzene rings is 1. The van der Waals surface area contributed by atoms with E-state index in [1.165, 1.54) is 19.1 Å². The zero-order valence-corrected chi connectivity index (χ0v) is 13.1. The number of carbonyl (C=O) groups is 1. The van der Waals surface area contributed by atoms with Gasteiger partial charge in [-0.05, 0) is 31.0 Å². The molecule has 4 rings (SSSR count). The second-order valence-electron chi connectivity index (χ2n) is 5.89. The molecule has 6 heteroatoms. The number of aromatic nitrogens is 2. The summed E-state index contributed by atoms with van der Waals surface area (Å²) in [6, 6.07) is 6.21. The van der Waals surface area contributed by atoms with E-state index in [4.69, 9.17) is 21.1 Å². The Balaban J connectivity index is 1.90. The number of halogens is 1. The zero-order valence-electron chi connectivity index (χ0n) is 12.3. The molecular formula is C17H15ClN2O3. The van der Waals surface area contributed by atoms with Crippen LogP contribution in [-0.4, -0.2) is 20.6 Å². The third-order valence-corrected chi connectivity index (χ3v) is 4.70. The average molecular weight is 331 g/mol. The van der Waals surface area contributed by atoms with Crippen LogP contribution in [0.5, 0.6) is 0 Å². The molecule has 2 aromatic heterocycles. The second kappa shape index (κ2) is 5.42. The highest BCUT2D eigenvalue weighted by Gasteiger charge is 2.23. The van der Waals surface area contributed by atoms with Gasteiger partial charge in [0.1, 0.15) is 6.26 Å². The molecule has 0 aliphatic heterocycles. The first-order valence-electron chi connectivity index (χ1n) is 7.63. The van der Waals surface area contributed by atoms with E-state index in [1.807, 2.05) is 24.4 Å². The lowest BCUT2D eigenvalue weighted by Crippen LogP contribution is -2.02. The number of hydrogen-bond donors (Lipinski definition) is 1. The van der Waals surface area contributed by atoms with Crippen LogP contribution in [0.2, 0.25) is 5.02 Å². The molecule has 0 amide bonds. The molecule has 1 aliphatic carbocycles. The van der Waals surface area contributed by atoms with E-state index in [0.717, 1.165) is 29.3 Å². The minimum atomic E-state index is -1.10. The van der Waals surface area contributed by atoms with Gasteiger partial charge in [-0.25, -0.2) is 9.78 Å². The number of fused-ring (bicyclic) bond motifs is 1. The molecule has 5 nitrogen and oxygen atoms in total. The fourth-order valence-corrected chi connectivity index (χ4v) is 3.55. The summed E-state index contributed by atoms with van der Waals surface area (Å²) in [6.07, 6.45) is 7.94. The first kappa shape index (κ1) is 14.3. The normalized spacial score (nSPS) is 15.5. The Kier molecular flexibility index (Phi) is 3.38. The summed E-state index contributed by atoms with van der Waals surface area (Å²) in [5, 5.41) is 10.6. The largest absolute Gasteiger partial charge is 0.476 e. The Labute approximate surface area is 137 Å². The van der Waals surface area contributed by atoms with Gasteiger partial charge >= 0.3 is 5.97 Å². The van der Waals surface area contributed by atoms with E-state index >= 15 is 0 Å². The summed E-state index contributed by atoms with van der Waals surface area (Å²) >= 11 is 6.15. The molecule has 1 aliphatic rings. The highest BCUT2D eigenvalue weighted by molar-refractivity contribution is 6.31. The van der Waals surface area contributed by atoms with Crippen LogP contribution < -0.4 is 0 Å². The molecule has 0 radical (unpaired) electrons. The molecule has 1 saturated carbocycles. The maximum absolute atomic E-state index is 11.0. The van der Waals surface area contributed by atoms with Crippen molar-refractivity contribution in [2.24, 2.45) is 0 Å². The topological polar surface area (TPSA) is 68.3 Å². The number of aromatic carboxylic acids is 1. The van der Waals surface area contributed by atoms with Gasteiger partial charge in [-0.1, -0.05) is 24.4 Å². The van der Waals surface area contributed by atoms with Gasteiger partial charge in [0.25, 0.3) is 0 Å². The van der Waals surface area contributed by atoms with Crippen molar-refractivity contribution in [3.8, 4) is 11.5 Å². The fraction of sp³-hybridized carbons (Fsp3) is 0.294. The lowest BCUT2D eigenvalue weighted by Gasteiger charge is -2.13. The molecule has 0 saturated heterocycles. The van der Waals surface area contributed by atoms with Crippen molar-refractivity contribution in [2.75, 3.05) is 0 Å². The number of carboxylic acid groups (broad SMARTS) is 1. The van der Waals surface area contributed by atoms with Crippen LogP contribution in [0, 0.1) is 0 Å². The quantitative estimate of drug-likeness (QED) is 0.751. The van der Waals surface area contributed by atoms with Crippen LogP contribution >= 0.6 is 11.6 Å². The minimum Gasteiger partial charge on any atom is -0.476 e. The molecule has 1 fully saturated rings. The van der Waals surface area contributed by atoms with Crippen molar-refractivity contribution in [1.29, 1.82) is 0 Å². The van der Waals surface area contributed by atoms with Crippen LogP contribution in [0.25, 0.3) is 22.4 Å². The van der Waals surface area contributed by atoms with E-state index in [1.54, 1.807) is 0 Å². The smallest absolute Gasteiger partial charge is 0.357 e. The summed E-state index contributed by atoms with van der Waals surface area (Å²) in [5.41, 5.74) is 1.76. The standard InChI is InChI=1S/C17H15ClN2O3/c18-10-5-6-15-12(7-10)13(8-20(15)11-3-1-2-4-11)16-19-14(9-23-16)17(21)22/h5-9,11H,1-4H2,(H,21,22). The SMILES string of the molecule is O=C(O)c1coc(-c2cn(C3CCCC3)c3ccc(Cl)cc23)n1. The number of rotatable bonds is 3. The van der Waals surface area contributed by atoms with E-state index in [-0.39, 0.29) is 5.69 Å².